The van der Waals surface area contributed by atoms with Crippen molar-refractivity contribution in [2.45, 2.75) is 26.4 Å². The molecule has 0 heterocycles. The molecule has 1 aromatic carbocycles. The smallest absolute Gasteiger partial charge is 0.412 e. The van der Waals surface area contributed by atoms with Crippen LogP contribution in [-0.4, -0.2) is 37.1 Å². The standard InChI is InChI=1S/C14H22N2O4/c1-14(2,3)20-13(18)16-11-9-10(15-7-8-17)5-6-12(11)19-4/h5-6,9,15,17H,7-8H2,1-4H3,(H,16,18). The molecular weight excluding hydrogens is 260 g/mol. The van der Waals surface area contributed by atoms with Crippen molar-refractivity contribution in [3.63, 3.8) is 0 Å². The van der Waals surface area contributed by atoms with Crippen molar-refractivity contribution in [1.82, 2.24) is 0 Å². The molecule has 6 nitrogen and oxygen atoms in total. The zero-order chi connectivity index (χ0) is 15.2. The van der Waals surface area contributed by atoms with Crippen molar-refractivity contribution >= 4 is 17.5 Å². The lowest BCUT2D eigenvalue weighted by molar-refractivity contribution is 0.0635. The summed E-state index contributed by atoms with van der Waals surface area (Å²) in [6.45, 7) is 5.84. The SMILES string of the molecule is COc1ccc(NCCO)cc1NC(=O)OC(C)(C)C. The van der Waals surface area contributed by atoms with Crippen molar-refractivity contribution in [2.75, 3.05) is 30.9 Å². The molecule has 0 spiro atoms. The fraction of sp³-hybridized carbons (Fsp3) is 0.500. The van der Waals surface area contributed by atoms with Gasteiger partial charge in [-0.2, -0.15) is 0 Å². The van der Waals surface area contributed by atoms with Gasteiger partial charge in [0.2, 0.25) is 0 Å². The predicted octanol–water partition coefficient (Wildman–Crippen LogP) is 2.45. The van der Waals surface area contributed by atoms with Gasteiger partial charge in [-0.1, -0.05) is 0 Å². The highest BCUT2D eigenvalue weighted by atomic mass is 16.6. The Bertz CT molecular complexity index is 455. The molecule has 0 aliphatic heterocycles. The number of anilines is 2. The molecule has 0 unspecified atom stereocenters. The van der Waals surface area contributed by atoms with Gasteiger partial charge in [0.25, 0.3) is 0 Å². The third-order valence-corrected chi connectivity index (χ3v) is 2.28. The van der Waals surface area contributed by atoms with E-state index in [4.69, 9.17) is 14.6 Å². The number of rotatable bonds is 5. The van der Waals surface area contributed by atoms with Gasteiger partial charge in [0.15, 0.2) is 0 Å². The number of aliphatic hydroxyl groups is 1. The molecule has 1 rings (SSSR count). The van der Waals surface area contributed by atoms with Crippen LogP contribution in [0.2, 0.25) is 0 Å². The Kier molecular flexibility index (Phi) is 5.64. The average Bonchev–Trinajstić information content (AvgIpc) is 2.34. The van der Waals surface area contributed by atoms with E-state index in [1.807, 2.05) is 0 Å². The van der Waals surface area contributed by atoms with E-state index in [0.29, 0.717) is 18.0 Å². The molecule has 0 aromatic heterocycles. The van der Waals surface area contributed by atoms with Crippen molar-refractivity contribution < 1.29 is 19.4 Å². The largest absolute Gasteiger partial charge is 0.495 e. The molecule has 0 aliphatic carbocycles. The number of carbonyl (C=O) groups excluding carboxylic acids is 1. The number of amides is 1. The molecule has 20 heavy (non-hydrogen) atoms. The predicted molar refractivity (Wildman–Crippen MR) is 78.4 cm³/mol. The number of hydrogen-bond acceptors (Lipinski definition) is 5. The molecule has 6 heteroatoms. The third kappa shape index (κ3) is 5.36. The number of nitrogens with one attached hydrogen (secondary N) is 2. The van der Waals surface area contributed by atoms with E-state index in [1.54, 1.807) is 39.0 Å². The van der Waals surface area contributed by atoms with Gasteiger partial charge in [-0.05, 0) is 39.0 Å². The van der Waals surface area contributed by atoms with E-state index in [-0.39, 0.29) is 6.61 Å². The number of methoxy groups -OCH3 is 1. The highest BCUT2D eigenvalue weighted by Crippen LogP contribution is 2.28. The Hall–Kier alpha value is -1.95. The molecule has 0 atom stereocenters. The molecule has 112 valence electrons. The number of carbonyl (C=O) groups is 1. The van der Waals surface area contributed by atoms with Crippen LogP contribution < -0.4 is 15.4 Å². The third-order valence-electron chi connectivity index (χ3n) is 2.28. The summed E-state index contributed by atoms with van der Waals surface area (Å²) in [4.78, 5) is 11.8. The van der Waals surface area contributed by atoms with E-state index >= 15 is 0 Å². The van der Waals surface area contributed by atoms with E-state index < -0.39 is 11.7 Å². The topological polar surface area (TPSA) is 79.8 Å². The van der Waals surface area contributed by atoms with Crippen LogP contribution in [0.5, 0.6) is 5.75 Å². The molecule has 0 fully saturated rings. The van der Waals surface area contributed by atoms with E-state index in [9.17, 15) is 4.79 Å². The minimum atomic E-state index is -0.565. The summed E-state index contributed by atoms with van der Waals surface area (Å²) in [7, 11) is 1.52. The van der Waals surface area contributed by atoms with E-state index in [0.717, 1.165) is 5.69 Å². The lowest BCUT2D eigenvalue weighted by atomic mass is 10.2. The van der Waals surface area contributed by atoms with Gasteiger partial charge < -0.3 is 19.9 Å². The van der Waals surface area contributed by atoms with Gasteiger partial charge in [0, 0.05) is 12.2 Å². The first-order chi connectivity index (χ1) is 9.35. The van der Waals surface area contributed by atoms with Gasteiger partial charge in [-0.25, -0.2) is 4.79 Å². The number of hydrogen-bond donors (Lipinski definition) is 3. The highest BCUT2D eigenvalue weighted by Gasteiger charge is 2.17. The zero-order valence-electron chi connectivity index (χ0n) is 12.3. The second kappa shape index (κ2) is 7.00. The van der Waals surface area contributed by atoms with Gasteiger partial charge >= 0.3 is 6.09 Å². The van der Waals surface area contributed by atoms with Crippen LogP contribution in [0.1, 0.15) is 20.8 Å². The first-order valence-electron chi connectivity index (χ1n) is 6.38. The minimum Gasteiger partial charge on any atom is -0.495 e. The summed E-state index contributed by atoms with van der Waals surface area (Å²) in [6, 6.07) is 5.25. The highest BCUT2D eigenvalue weighted by molar-refractivity contribution is 5.88. The number of benzene rings is 1. The Morgan fingerprint density at radius 1 is 1.35 bits per heavy atom. The number of aliphatic hydroxyl groups excluding tert-OH is 1. The maximum absolute atomic E-state index is 11.8. The fourth-order valence-corrected chi connectivity index (χ4v) is 1.53. The maximum atomic E-state index is 11.8. The monoisotopic (exact) mass is 282 g/mol. The zero-order valence-corrected chi connectivity index (χ0v) is 12.3. The van der Waals surface area contributed by atoms with Crippen molar-refractivity contribution in [2.24, 2.45) is 0 Å². The Morgan fingerprint density at radius 3 is 2.60 bits per heavy atom. The summed E-state index contributed by atoms with van der Waals surface area (Å²) < 4.78 is 10.4. The fourth-order valence-electron chi connectivity index (χ4n) is 1.53. The first-order valence-corrected chi connectivity index (χ1v) is 6.38. The van der Waals surface area contributed by atoms with Gasteiger partial charge in [0.05, 0.1) is 19.4 Å². The van der Waals surface area contributed by atoms with Crippen molar-refractivity contribution in [1.29, 1.82) is 0 Å². The van der Waals surface area contributed by atoms with Gasteiger partial charge in [-0.15, -0.1) is 0 Å². The summed E-state index contributed by atoms with van der Waals surface area (Å²) in [5, 5.41) is 14.4. The van der Waals surface area contributed by atoms with Crippen molar-refractivity contribution in [3.05, 3.63) is 18.2 Å². The summed E-state index contributed by atoms with van der Waals surface area (Å²) >= 11 is 0. The summed E-state index contributed by atoms with van der Waals surface area (Å²) in [5.74, 6) is 0.533. The van der Waals surface area contributed by atoms with Crippen LogP contribution in [0.15, 0.2) is 18.2 Å². The number of ether oxygens (including phenoxy) is 2. The van der Waals surface area contributed by atoms with Gasteiger partial charge in [-0.3, -0.25) is 5.32 Å². The molecule has 0 bridgehead atoms. The van der Waals surface area contributed by atoms with Crippen LogP contribution in [-0.2, 0) is 4.74 Å². The molecule has 3 N–H and O–H groups in total. The Labute approximate surface area is 119 Å². The van der Waals surface area contributed by atoms with Crippen LogP contribution in [0.25, 0.3) is 0 Å². The van der Waals surface area contributed by atoms with E-state index in [1.165, 1.54) is 7.11 Å². The molecule has 0 saturated carbocycles. The quantitative estimate of drug-likeness (QED) is 0.773. The minimum absolute atomic E-state index is 0.0286. The average molecular weight is 282 g/mol. The van der Waals surface area contributed by atoms with Crippen LogP contribution in [0.4, 0.5) is 16.2 Å². The lowest BCUT2D eigenvalue weighted by Crippen LogP contribution is -2.27. The molecule has 0 aliphatic rings. The van der Waals surface area contributed by atoms with Crippen molar-refractivity contribution in [3.8, 4) is 5.75 Å². The molecule has 1 amide bonds. The second-order valence-electron chi connectivity index (χ2n) is 5.19. The van der Waals surface area contributed by atoms with Crippen LogP contribution in [0.3, 0.4) is 0 Å². The van der Waals surface area contributed by atoms with Crippen LogP contribution in [0, 0.1) is 0 Å². The summed E-state index contributed by atoms with van der Waals surface area (Å²) in [5.41, 5.74) is 0.708. The summed E-state index contributed by atoms with van der Waals surface area (Å²) in [6.07, 6.45) is -0.546. The van der Waals surface area contributed by atoms with E-state index in [2.05, 4.69) is 10.6 Å². The molecule has 0 radical (unpaired) electrons. The maximum Gasteiger partial charge on any atom is 0.412 e. The molecule has 1 aromatic rings. The first kappa shape index (κ1) is 16.1. The Balaban J connectivity index is 2.82. The Morgan fingerprint density at radius 2 is 2.05 bits per heavy atom. The molecule has 0 saturated heterocycles. The lowest BCUT2D eigenvalue weighted by Gasteiger charge is -2.20. The van der Waals surface area contributed by atoms with Gasteiger partial charge in [0.1, 0.15) is 11.4 Å². The second-order valence-corrected chi connectivity index (χ2v) is 5.19. The van der Waals surface area contributed by atoms with Crippen LogP contribution >= 0.6 is 0 Å². The molecular formula is C14H22N2O4. The normalized spacial score (nSPS) is 10.8.